The van der Waals surface area contributed by atoms with E-state index in [1.165, 1.54) is 0 Å². The Morgan fingerprint density at radius 1 is 1.62 bits per heavy atom. The average molecular weight is 242 g/mol. The van der Waals surface area contributed by atoms with Crippen LogP contribution in [0.25, 0.3) is 0 Å². The molecule has 2 aliphatic rings. The van der Waals surface area contributed by atoms with Crippen molar-refractivity contribution in [3.8, 4) is 0 Å². The molecule has 0 radical (unpaired) electrons. The largest absolute Gasteiger partial charge is 0.352 e. The monoisotopic (exact) mass is 242 g/mol. The van der Waals surface area contributed by atoms with Crippen LogP contribution in [0.2, 0.25) is 0 Å². The lowest BCUT2D eigenvalue weighted by Gasteiger charge is -2.30. The van der Waals surface area contributed by atoms with E-state index in [1.54, 1.807) is 16.7 Å². The molecule has 5 heteroatoms. The Morgan fingerprint density at radius 3 is 2.94 bits per heavy atom. The molecule has 0 aliphatic carbocycles. The molecule has 2 rings (SSSR count). The van der Waals surface area contributed by atoms with E-state index in [4.69, 9.17) is 0 Å². The molecule has 2 heterocycles. The van der Waals surface area contributed by atoms with Crippen molar-refractivity contribution in [1.29, 1.82) is 0 Å². The van der Waals surface area contributed by atoms with Gasteiger partial charge in [0.05, 0.1) is 4.87 Å². The van der Waals surface area contributed by atoms with E-state index in [2.05, 4.69) is 12.2 Å². The van der Waals surface area contributed by atoms with Crippen molar-refractivity contribution >= 4 is 23.6 Å². The molecular formula is C11H18N2O2S. The summed E-state index contributed by atoms with van der Waals surface area (Å²) in [6.07, 6.45) is 1.44. The molecule has 0 aromatic heterocycles. The molecule has 4 nitrogen and oxygen atoms in total. The van der Waals surface area contributed by atoms with Crippen molar-refractivity contribution in [2.45, 2.75) is 50.6 Å². The van der Waals surface area contributed by atoms with Crippen LogP contribution >= 0.6 is 11.8 Å². The average Bonchev–Trinajstić information content (AvgIpc) is 2.64. The van der Waals surface area contributed by atoms with Gasteiger partial charge in [0.15, 0.2) is 0 Å². The summed E-state index contributed by atoms with van der Waals surface area (Å²) in [7, 11) is 0. The Morgan fingerprint density at radius 2 is 2.31 bits per heavy atom. The zero-order valence-electron chi connectivity index (χ0n) is 9.95. The summed E-state index contributed by atoms with van der Waals surface area (Å²) in [6, 6.07) is -0.144. The van der Waals surface area contributed by atoms with E-state index in [-0.39, 0.29) is 28.8 Å². The second kappa shape index (κ2) is 3.95. The summed E-state index contributed by atoms with van der Waals surface area (Å²) in [5.41, 5.74) is 0. The Labute approximate surface area is 100 Å². The first-order valence-electron chi connectivity index (χ1n) is 5.70. The van der Waals surface area contributed by atoms with Crippen LogP contribution in [0.1, 0.15) is 33.6 Å². The third-order valence-electron chi connectivity index (χ3n) is 3.18. The van der Waals surface area contributed by atoms with Crippen molar-refractivity contribution in [3.05, 3.63) is 0 Å². The van der Waals surface area contributed by atoms with Gasteiger partial charge in [-0.1, -0.05) is 0 Å². The fourth-order valence-corrected chi connectivity index (χ4v) is 3.83. The number of carbonyl (C=O) groups excluding carboxylic acids is 2. The summed E-state index contributed by atoms with van der Waals surface area (Å²) < 4.78 is 0. The Kier molecular flexibility index (Phi) is 2.90. The zero-order valence-corrected chi connectivity index (χ0v) is 10.8. The van der Waals surface area contributed by atoms with Gasteiger partial charge in [-0.05, 0) is 27.2 Å². The number of rotatable bonds is 2. The zero-order chi connectivity index (χ0) is 11.9. The topological polar surface area (TPSA) is 49.4 Å². The van der Waals surface area contributed by atoms with Crippen LogP contribution in [0.4, 0.5) is 0 Å². The standard InChI is InChI=1S/C11H18N2O2S/c1-7(2)12-10(15)8-6-16-11(3)5-4-9(14)13(8)11/h7-8H,4-6H2,1-3H3,(H,12,15). The van der Waals surface area contributed by atoms with Crippen LogP contribution in [-0.2, 0) is 9.59 Å². The molecule has 16 heavy (non-hydrogen) atoms. The number of carbonyl (C=O) groups is 2. The predicted octanol–water partition coefficient (Wildman–Crippen LogP) is 0.965. The third-order valence-corrected chi connectivity index (χ3v) is 4.68. The maximum Gasteiger partial charge on any atom is 0.243 e. The number of hydrogen-bond donors (Lipinski definition) is 1. The Balaban J connectivity index is 2.13. The molecule has 0 spiro atoms. The number of amides is 2. The molecule has 2 amide bonds. The summed E-state index contributed by atoms with van der Waals surface area (Å²) >= 11 is 1.73. The fraction of sp³-hybridized carbons (Fsp3) is 0.818. The number of hydrogen-bond acceptors (Lipinski definition) is 3. The molecule has 0 saturated carbocycles. The summed E-state index contributed by atoms with van der Waals surface area (Å²) in [4.78, 5) is 25.4. The molecule has 2 unspecified atom stereocenters. The minimum atomic E-state index is -0.271. The number of nitrogens with zero attached hydrogens (tertiary/aromatic N) is 1. The van der Waals surface area contributed by atoms with Gasteiger partial charge in [0.2, 0.25) is 11.8 Å². The lowest BCUT2D eigenvalue weighted by atomic mass is 10.2. The summed E-state index contributed by atoms with van der Waals surface area (Å²) in [6.45, 7) is 5.93. The summed E-state index contributed by atoms with van der Waals surface area (Å²) in [5.74, 6) is 0.832. The highest BCUT2D eigenvalue weighted by atomic mass is 32.2. The molecule has 1 N–H and O–H groups in total. The van der Waals surface area contributed by atoms with E-state index in [0.717, 1.165) is 12.2 Å². The molecule has 90 valence electrons. The van der Waals surface area contributed by atoms with Crippen LogP contribution in [-0.4, -0.2) is 39.4 Å². The van der Waals surface area contributed by atoms with Gasteiger partial charge in [-0.2, -0.15) is 0 Å². The molecule has 2 saturated heterocycles. The third kappa shape index (κ3) is 1.81. The van der Waals surface area contributed by atoms with Crippen LogP contribution in [0.15, 0.2) is 0 Å². The highest BCUT2D eigenvalue weighted by Crippen LogP contribution is 2.47. The van der Waals surface area contributed by atoms with Gasteiger partial charge in [-0.15, -0.1) is 11.8 Å². The van der Waals surface area contributed by atoms with Crippen molar-refractivity contribution < 1.29 is 9.59 Å². The number of nitrogens with one attached hydrogen (secondary N) is 1. The van der Waals surface area contributed by atoms with Crippen LogP contribution in [0, 0.1) is 0 Å². The molecule has 0 aromatic rings. The van der Waals surface area contributed by atoms with Crippen molar-refractivity contribution in [2.24, 2.45) is 0 Å². The molecule has 2 fully saturated rings. The smallest absolute Gasteiger partial charge is 0.243 e. The Hall–Kier alpha value is -0.710. The van der Waals surface area contributed by atoms with E-state index >= 15 is 0 Å². The maximum atomic E-state index is 12.0. The van der Waals surface area contributed by atoms with Gasteiger partial charge in [0.25, 0.3) is 0 Å². The van der Waals surface area contributed by atoms with Crippen LogP contribution in [0.5, 0.6) is 0 Å². The van der Waals surface area contributed by atoms with Crippen molar-refractivity contribution in [3.63, 3.8) is 0 Å². The first-order valence-corrected chi connectivity index (χ1v) is 6.69. The van der Waals surface area contributed by atoms with E-state index in [9.17, 15) is 9.59 Å². The second-order valence-electron chi connectivity index (χ2n) is 4.93. The number of fused-ring (bicyclic) bond motifs is 1. The second-order valence-corrected chi connectivity index (χ2v) is 6.43. The van der Waals surface area contributed by atoms with E-state index < -0.39 is 0 Å². The van der Waals surface area contributed by atoms with Crippen molar-refractivity contribution in [2.75, 3.05) is 5.75 Å². The van der Waals surface area contributed by atoms with Crippen molar-refractivity contribution in [1.82, 2.24) is 10.2 Å². The van der Waals surface area contributed by atoms with Gasteiger partial charge < -0.3 is 10.2 Å². The lowest BCUT2D eigenvalue weighted by molar-refractivity contribution is -0.138. The normalized spacial score (nSPS) is 33.4. The first-order chi connectivity index (χ1) is 7.44. The predicted molar refractivity (Wildman–Crippen MR) is 64.0 cm³/mol. The minimum Gasteiger partial charge on any atom is -0.352 e. The molecule has 0 aromatic carbocycles. The highest BCUT2D eigenvalue weighted by molar-refractivity contribution is 8.01. The maximum absolute atomic E-state index is 12.0. The van der Waals surface area contributed by atoms with Gasteiger partial charge in [-0.25, -0.2) is 0 Å². The Bertz CT molecular complexity index is 332. The SMILES string of the molecule is CC(C)NC(=O)C1CSC2(C)CCC(=O)N12. The van der Waals surface area contributed by atoms with Gasteiger partial charge in [-0.3, -0.25) is 9.59 Å². The fourth-order valence-electron chi connectivity index (χ4n) is 2.40. The number of thioether (sulfide) groups is 1. The minimum absolute atomic E-state index is 0.0125. The van der Waals surface area contributed by atoms with Gasteiger partial charge >= 0.3 is 0 Å². The lowest BCUT2D eigenvalue weighted by Crippen LogP contribution is -2.51. The van der Waals surface area contributed by atoms with E-state index in [1.807, 2.05) is 13.8 Å². The van der Waals surface area contributed by atoms with Gasteiger partial charge in [0, 0.05) is 18.2 Å². The molecule has 2 aliphatic heterocycles. The molecular weight excluding hydrogens is 224 g/mol. The molecule has 0 bridgehead atoms. The first kappa shape index (κ1) is 11.8. The highest BCUT2D eigenvalue weighted by Gasteiger charge is 2.52. The van der Waals surface area contributed by atoms with Crippen LogP contribution in [0.3, 0.4) is 0 Å². The summed E-state index contributed by atoms with van der Waals surface area (Å²) in [5, 5.41) is 2.89. The van der Waals surface area contributed by atoms with Gasteiger partial charge in [0.1, 0.15) is 6.04 Å². The quantitative estimate of drug-likeness (QED) is 0.785. The van der Waals surface area contributed by atoms with Crippen LogP contribution < -0.4 is 5.32 Å². The van der Waals surface area contributed by atoms with E-state index in [0.29, 0.717) is 6.42 Å². The molecule has 2 atom stereocenters.